The van der Waals surface area contributed by atoms with E-state index in [-0.39, 0.29) is 0 Å². The summed E-state index contributed by atoms with van der Waals surface area (Å²) in [5, 5.41) is 6.98. The molecule has 136 valence electrons. The second-order valence-corrected chi connectivity index (χ2v) is 6.93. The molecule has 0 amide bonds. The summed E-state index contributed by atoms with van der Waals surface area (Å²) in [6, 6.07) is 12.7. The number of fused-ring (bicyclic) bond motifs is 1. The van der Waals surface area contributed by atoms with Crippen LogP contribution < -0.4 is 9.64 Å². The van der Waals surface area contributed by atoms with Crippen molar-refractivity contribution < 1.29 is 9.64 Å². The van der Waals surface area contributed by atoms with E-state index in [2.05, 4.69) is 49.1 Å². The maximum absolute atomic E-state index is 5.54. The van der Waals surface area contributed by atoms with E-state index in [1.807, 2.05) is 28.3 Å². The first-order chi connectivity index (χ1) is 12.5. The van der Waals surface area contributed by atoms with Crippen LogP contribution in [0.1, 0.15) is 11.4 Å². The van der Waals surface area contributed by atoms with Crippen LogP contribution in [0.25, 0.3) is 10.8 Å². The van der Waals surface area contributed by atoms with Gasteiger partial charge in [-0.05, 0) is 48.1 Å². The molecule has 1 unspecified atom stereocenters. The van der Waals surface area contributed by atoms with Crippen molar-refractivity contribution in [3.63, 3.8) is 0 Å². The van der Waals surface area contributed by atoms with Crippen molar-refractivity contribution in [3.05, 3.63) is 65.2 Å². The highest BCUT2D eigenvalue weighted by molar-refractivity contribution is 7.71. The number of quaternary nitrogens is 1. The van der Waals surface area contributed by atoms with Crippen molar-refractivity contribution in [2.75, 3.05) is 14.2 Å². The molecule has 6 heteroatoms. The summed E-state index contributed by atoms with van der Waals surface area (Å²) in [5.41, 5.74) is 1.29. The van der Waals surface area contributed by atoms with E-state index in [1.54, 1.807) is 7.11 Å². The highest BCUT2D eigenvalue weighted by atomic mass is 32.1. The van der Waals surface area contributed by atoms with Gasteiger partial charge in [0, 0.05) is 12.1 Å². The first-order valence-corrected chi connectivity index (χ1v) is 9.05. The molecule has 2 aromatic carbocycles. The number of nitrogens with one attached hydrogen (secondary N) is 1. The fourth-order valence-corrected chi connectivity index (χ4v) is 3.47. The third-order valence-electron chi connectivity index (χ3n) is 4.46. The van der Waals surface area contributed by atoms with Gasteiger partial charge in [0.05, 0.1) is 14.2 Å². The fraction of sp³-hybridized carbons (Fsp3) is 0.300. The highest BCUT2D eigenvalue weighted by Crippen LogP contribution is 2.21. The Morgan fingerprint density at radius 1 is 1.23 bits per heavy atom. The van der Waals surface area contributed by atoms with Crippen LogP contribution in [0.4, 0.5) is 0 Å². The Balaban J connectivity index is 1.75. The quantitative estimate of drug-likeness (QED) is 0.514. The van der Waals surface area contributed by atoms with Crippen LogP contribution in [-0.2, 0) is 19.8 Å². The Labute approximate surface area is 159 Å². The van der Waals surface area contributed by atoms with Gasteiger partial charge in [0.1, 0.15) is 18.1 Å². The lowest BCUT2D eigenvalue weighted by molar-refractivity contribution is -0.917. The summed E-state index contributed by atoms with van der Waals surface area (Å²) in [4.78, 5) is 1.32. The van der Waals surface area contributed by atoms with Crippen molar-refractivity contribution in [2.45, 2.75) is 26.7 Å². The summed E-state index contributed by atoms with van der Waals surface area (Å²) < 4.78 is 9.93. The second-order valence-electron chi connectivity index (χ2n) is 6.57. The molecule has 3 aromatic rings. The molecule has 0 aliphatic heterocycles. The molecule has 0 aliphatic rings. The second kappa shape index (κ2) is 7.85. The van der Waals surface area contributed by atoms with Gasteiger partial charge in [-0.1, -0.05) is 24.3 Å². The minimum absolute atomic E-state index is 0.692. The summed E-state index contributed by atoms with van der Waals surface area (Å²) in [7, 11) is 3.85. The molecule has 3 rings (SSSR count). The molecule has 1 N–H and O–H groups in total. The summed E-state index contributed by atoms with van der Waals surface area (Å²) in [6.07, 6.45) is 1.84. The Bertz CT molecular complexity index is 989. The monoisotopic (exact) mass is 369 g/mol. The lowest BCUT2D eigenvalue weighted by Crippen LogP contribution is -3.07. The normalized spacial score (nSPS) is 12.3. The number of allylic oxidation sites excluding steroid dienone is 1. The number of benzene rings is 2. The number of aromatic nitrogens is 3. The molecule has 0 spiro atoms. The van der Waals surface area contributed by atoms with Crippen LogP contribution in [0.15, 0.2) is 49.1 Å². The van der Waals surface area contributed by atoms with Crippen LogP contribution in [0.2, 0.25) is 0 Å². The predicted octanol–water partition coefficient (Wildman–Crippen LogP) is 2.74. The van der Waals surface area contributed by atoms with Crippen LogP contribution in [-0.4, -0.2) is 28.5 Å². The minimum atomic E-state index is 0.692. The van der Waals surface area contributed by atoms with Gasteiger partial charge in [-0.25, -0.2) is 0 Å². The third kappa shape index (κ3) is 3.86. The van der Waals surface area contributed by atoms with Gasteiger partial charge in [-0.2, -0.15) is 9.78 Å². The number of ether oxygens (including phenoxy) is 1. The van der Waals surface area contributed by atoms with Crippen LogP contribution in [0.3, 0.4) is 0 Å². The average molecular weight is 370 g/mol. The van der Waals surface area contributed by atoms with Crippen molar-refractivity contribution in [1.29, 1.82) is 0 Å². The summed E-state index contributed by atoms with van der Waals surface area (Å²) >= 11 is 5.54. The molecular weight excluding hydrogens is 344 g/mol. The number of hydrogen-bond acceptors (Lipinski definition) is 3. The molecule has 26 heavy (non-hydrogen) atoms. The van der Waals surface area contributed by atoms with E-state index in [4.69, 9.17) is 17.0 Å². The van der Waals surface area contributed by atoms with E-state index < -0.39 is 0 Å². The molecular formula is C20H25N4OS+. The zero-order chi connectivity index (χ0) is 18.7. The molecule has 1 aromatic heterocycles. The fourth-order valence-electron chi connectivity index (χ4n) is 3.16. The molecule has 0 aliphatic carbocycles. The minimum Gasteiger partial charge on any atom is -0.497 e. The Morgan fingerprint density at radius 3 is 2.69 bits per heavy atom. The van der Waals surface area contributed by atoms with Crippen LogP contribution >= 0.6 is 12.2 Å². The van der Waals surface area contributed by atoms with Gasteiger partial charge in [-0.15, -0.1) is 6.58 Å². The lowest BCUT2D eigenvalue weighted by atomic mass is 10.1. The molecule has 5 nitrogen and oxygen atoms in total. The van der Waals surface area contributed by atoms with E-state index >= 15 is 0 Å². The Morgan fingerprint density at radius 2 is 1.96 bits per heavy atom. The Kier molecular flexibility index (Phi) is 5.54. The zero-order valence-corrected chi connectivity index (χ0v) is 16.3. The van der Waals surface area contributed by atoms with E-state index in [0.29, 0.717) is 6.54 Å². The van der Waals surface area contributed by atoms with Gasteiger partial charge < -0.3 is 14.2 Å². The van der Waals surface area contributed by atoms with Crippen molar-refractivity contribution in [1.82, 2.24) is 14.3 Å². The van der Waals surface area contributed by atoms with Crippen molar-refractivity contribution in [3.8, 4) is 5.75 Å². The smallest absolute Gasteiger partial charge is 0.203 e. The SMILES string of the molecule is C=CCn1c(C)nn(C[NH+](C)Cc2ccc3cc(OC)ccc3c2)c1=S. The molecule has 0 radical (unpaired) electrons. The lowest BCUT2D eigenvalue weighted by Gasteiger charge is -2.14. The molecule has 1 atom stereocenters. The third-order valence-corrected chi connectivity index (χ3v) is 4.89. The maximum Gasteiger partial charge on any atom is 0.203 e. The van der Waals surface area contributed by atoms with E-state index in [9.17, 15) is 0 Å². The standard InChI is InChI=1S/C20H24N4OS/c1-5-10-23-15(2)21-24(20(23)26)14-22(3)13-16-6-7-18-12-19(25-4)9-8-17(18)11-16/h5-9,11-12H,1,10,13-14H2,2-4H3/p+1. The average Bonchev–Trinajstić information content (AvgIpc) is 2.89. The number of nitrogens with zero attached hydrogens (tertiary/aromatic N) is 3. The highest BCUT2D eigenvalue weighted by Gasteiger charge is 2.11. The molecule has 0 fully saturated rings. The van der Waals surface area contributed by atoms with Gasteiger partial charge in [0.2, 0.25) is 4.77 Å². The van der Waals surface area contributed by atoms with Gasteiger partial charge in [-0.3, -0.25) is 0 Å². The van der Waals surface area contributed by atoms with Crippen LogP contribution in [0, 0.1) is 11.7 Å². The van der Waals surface area contributed by atoms with E-state index in [1.165, 1.54) is 21.2 Å². The number of rotatable bonds is 7. The Hall–Kier alpha value is -2.44. The maximum atomic E-state index is 5.54. The summed E-state index contributed by atoms with van der Waals surface area (Å²) in [5.74, 6) is 1.80. The summed E-state index contributed by atoms with van der Waals surface area (Å²) in [6.45, 7) is 8.08. The first-order valence-electron chi connectivity index (χ1n) is 8.65. The van der Waals surface area contributed by atoms with Crippen molar-refractivity contribution >= 4 is 23.0 Å². The topological polar surface area (TPSA) is 36.4 Å². The molecule has 1 heterocycles. The van der Waals surface area contributed by atoms with E-state index in [0.717, 1.165) is 29.6 Å². The van der Waals surface area contributed by atoms with Gasteiger partial charge in [0.15, 0.2) is 6.67 Å². The van der Waals surface area contributed by atoms with Crippen molar-refractivity contribution in [2.24, 2.45) is 0 Å². The van der Waals surface area contributed by atoms with Gasteiger partial charge in [0.25, 0.3) is 0 Å². The molecule has 0 bridgehead atoms. The zero-order valence-electron chi connectivity index (χ0n) is 15.5. The molecule has 0 saturated carbocycles. The number of aryl methyl sites for hydroxylation is 1. The number of hydrogen-bond donors (Lipinski definition) is 1. The molecule has 0 saturated heterocycles. The van der Waals surface area contributed by atoms with Crippen LogP contribution in [0.5, 0.6) is 5.75 Å². The first kappa shape index (κ1) is 18.4. The van der Waals surface area contributed by atoms with Gasteiger partial charge >= 0.3 is 0 Å². The largest absolute Gasteiger partial charge is 0.497 e. The predicted molar refractivity (Wildman–Crippen MR) is 107 cm³/mol. The number of methoxy groups -OCH3 is 1.